The topological polar surface area (TPSA) is 105 Å². The van der Waals surface area contributed by atoms with Gasteiger partial charge >= 0.3 is 11.9 Å². The molecule has 2 rings (SSSR count). The first kappa shape index (κ1) is 16.4. The van der Waals surface area contributed by atoms with Crippen LogP contribution in [0.15, 0.2) is 48.5 Å². The molecule has 0 aromatic heterocycles. The normalized spacial score (nSPS) is 10.1. The van der Waals surface area contributed by atoms with Gasteiger partial charge in [-0.3, -0.25) is 0 Å². The number of carbonyl (C=O) groups is 2. The molecule has 120 valence electrons. The summed E-state index contributed by atoms with van der Waals surface area (Å²) in [4.78, 5) is 23.6. The third kappa shape index (κ3) is 4.47. The summed E-state index contributed by atoms with van der Waals surface area (Å²) in [5.74, 6) is -0.997. The van der Waals surface area contributed by atoms with E-state index in [9.17, 15) is 9.59 Å². The molecule has 0 radical (unpaired) electrons. The Morgan fingerprint density at radius 3 is 1.52 bits per heavy atom. The number of rotatable bonds is 6. The highest BCUT2D eigenvalue weighted by molar-refractivity contribution is 5.95. The van der Waals surface area contributed by atoms with Crippen molar-refractivity contribution in [3.05, 3.63) is 59.7 Å². The van der Waals surface area contributed by atoms with Crippen LogP contribution in [0.25, 0.3) is 0 Å². The van der Waals surface area contributed by atoms with Crippen LogP contribution >= 0.6 is 0 Å². The van der Waals surface area contributed by atoms with Gasteiger partial charge < -0.3 is 20.9 Å². The molecule has 2 aromatic carbocycles. The van der Waals surface area contributed by atoms with Crippen LogP contribution < -0.4 is 11.5 Å². The van der Waals surface area contributed by atoms with E-state index >= 15 is 0 Å². The van der Waals surface area contributed by atoms with Gasteiger partial charge in [0, 0.05) is 17.8 Å². The number of ether oxygens (including phenoxy) is 2. The number of esters is 2. The van der Waals surface area contributed by atoms with Crippen LogP contribution in [0, 0.1) is 0 Å². The number of nitrogens with two attached hydrogens (primary N) is 2. The Hall–Kier alpha value is -3.02. The lowest BCUT2D eigenvalue weighted by molar-refractivity contribution is 0.0397. The van der Waals surface area contributed by atoms with Gasteiger partial charge in [0.1, 0.15) is 0 Å². The Labute approximate surface area is 134 Å². The third-order valence-electron chi connectivity index (χ3n) is 3.12. The molecule has 0 aliphatic carbocycles. The fraction of sp³-hybridized carbons (Fsp3) is 0.176. The van der Waals surface area contributed by atoms with E-state index in [1.54, 1.807) is 48.5 Å². The van der Waals surface area contributed by atoms with Gasteiger partial charge in [-0.1, -0.05) is 24.3 Å². The molecule has 0 saturated heterocycles. The van der Waals surface area contributed by atoms with E-state index in [4.69, 9.17) is 20.9 Å². The predicted octanol–water partition coefficient (Wildman–Crippen LogP) is 2.25. The van der Waals surface area contributed by atoms with E-state index < -0.39 is 11.9 Å². The summed E-state index contributed by atoms with van der Waals surface area (Å²) in [6.07, 6.45) is 0.386. The van der Waals surface area contributed by atoms with E-state index in [1.165, 1.54) is 0 Å². The largest absolute Gasteiger partial charge is 0.462 e. The number of hydrogen-bond acceptors (Lipinski definition) is 6. The molecule has 0 bridgehead atoms. The van der Waals surface area contributed by atoms with Crippen LogP contribution in [0.4, 0.5) is 11.4 Å². The van der Waals surface area contributed by atoms with Crippen molar-refractivity contribution < 1.29 is 19.1 Å². The maximum absolute atomic E-state index is 11.8. The minimum absolute atomic E-state index is 0.130. The van der Waals surface area contributed by atoms with Crippen molar-refractivity contribution in [1.29, 1.82) is 0 Å². The summed E-state index contributed by atoms with van der Waals surface area (Å²) in [6.45, 7) is 0.259. The zero-order chi connectivity index (χ0) is 16.7. The number of carbonyl (C=O) groups excluding carboxylic acids is 2. The maximum atomic E-state index is 11.8. The van der Waals surface area contributed by atoms with Gasteiger partial charge in [-0.2, -0.15) is 0 Å². The van der Waals surface area contributed by atoms with Crippen molar-refractivity contribution in [2.24, 2.45) is 0 Å². The molecule has 6 heteroatoms. The Morgan fingerprint density at radius 1 is 0.739 bits per heavy atom. The molecule has 2 aromatic rings. The first-order chi connectivity index (χ1) is 11.1. The number of anilines is 2. The highest BCUT2D eigenvalue weighted by atomic mass is 16.5. The molecule has 0 aliphatic rings. The van der Waals surface area contributed by atoms with Crippen molar-refractivity contribution >= 4 is 23.3 Å². The van der Waals surface area contributed by atoms with Gasteiger partial charge in [-0.15, -0.1) is 0 Å². The third-order valence-corrected chi connectivity index (χ3v) is 3.12. The van der Waals surface area contributed by atoms with Crippen LogP contribution in [-0.4, -0.2) is 25.2 Å². The summed E-state index contributed by atoms with van der Waals surface area (Å²) in [5, 5.41) is 0. The monoisotopic (exact) mass is 314 g/mol. The van der Waals surface area contributed by atoms with E-state index in [-0.39, 0.29) is 13.2 Å². The molecule has 0 unspecified atom stereocenters. The first-order valence-electron chi connectivity index (χ1n) is 7.13. The Kier molecular flexibility index (Phi) is 5.57. The fourth-order valence-electron chi connectivity index (χ4n) is 1.91. The highest BCUT2D eigenvalue weighted by Crippen LogP contribution is 2.13. The van der Waals surface area contributed by atoms with Gasteiger partial charge in [0.05, 0.1) is 24.3 Å². The number of hydrogen-bond donors (Lipinski definition) is 2. The van der Waals surface area contributed by atoms with Crippen molar-refractivity contribution in [3.63, 3.8) is 0 Å². The number of benzene rings is 2. The van der Waals surface area contributed by atoms with Gasteiger partial charge in [0.15, 0.2) is 0 Å². The molecular weight excluding hydrogens is 296 g/mol. The van der Waals surface area contributed by atoms with Crippen LogP contribution in [-0.2, 0) is 9.47 Å². The summed E-state index contributed by atoms with van der Waals surface area (Å²) in [5.41, 5.74) is 12.7. The molecule has 23 heavy (non-hydrogen) atoms. The second kappa shape index (κ2) is 7.84. The lowest BCUT2D eigenvalue weighted by Crippen LogP contribution is -2.13. The van der Waals surface area contributed by atoms with E-state index in [2.05, 4.69) is 0 Å². The van der Waals surface area contributed by atoms with Crippen molar-refractivity contribution in [3.8, 4) is 0 Å². The molecule has 4 N–H and O–H groups in total. The summed E-state index contributed by atoms with van der Waals surface area (Å²) in [7, 11) is 0. The second-order valence-corrected chi connectivity index (χ2v) is 4.80. The molecule has 6 nitrogen and oxygen atoms in total. The lowest BCUT2D eigenvalue weighted by Gasteiger charge is -2.08. The number of nitrogen functional groups attached to an aromatic ring is 2. The van der Waals surface area contributed by atoms with E-state index in [0.29, 0.717) is 28.9 Å². The molecule has 0 saturated carbocycles. The van der Waals surface area contributed by atoms with Gasteiger partial charge in [0.2, 0.25) is 0 Å². The average Bonchev–Trinajstić information content (AvgIpc) is 2.55. The van der Waals surface area contributed by atoms with E-state index in [1.807, 2.05) is 0 Å². The second-order valence-electron chi connectivity index (χ2n) is 4.80. The lowest BCUT2D eigenvalue weighted by atomic mass is 10.2. The van der Waals surface area contributed by atoms with Gasteiger partial charge in [0.25, 0.3) is 0 Å². The summed E-state index contributed by atoms with van der Waals surface area (Å²) in [6, 6.07) is 13.3. The Balaban J connectivity index is 1.72. The van der Waals surface area contributed by atoms with Crippen molar-refractivity contribution in [2.45, 2.75) is 6.42 Å². The van der Waals surface area contributed by atoms with Gasteiger partial charge in [-0.25, -0.2) is 9.59 Å². The molecule has 0 amide bonds. The molecule has 0 atom stereocenters. The minimum atomic E-state index is -0.498. The summed E-state index contributed by atoms with van der Waals surface area (Å²) >= 11 is 0. The van der Waals surface area contributed by atoms with Crippen LogP contribution in [0.1, 0.15) is 27.1 Å². The van der Waals surface area contributed by atoms with Crippen LogP contribution in [0.3, 0.4) is 0 Å². The Bertz CT molecular complexity index is 641. The molecule has 0 heterocycles. The molecule has 0 spiro atoms. The van der Waals surface area contributed by atoms with Gasteiger partial charge in [-0.05, 0) is 24.3 Å². The standard InChI is InChI=1S/C17H18N2O4/c18-14-8-3-1-6-12(14)16(20)22-10-5-11-23-17(21)13-7-2-4-9-15(13)19/h1-4,6-9H,5,10-11,18-19H2. The van der Waals surface area contributed by atoms with Crippen LogP contribution in [0.5, 0.6) is 0 Å². The fourth-order valence-corrected chi connectivity index (χ4v) is 1.91. The van der Waals surface area contributed by atoms with Crippen LogP contribution in [0.2, 0.25) is 0 Å². The maximum Gasteiger partial charge on any atom is 0.340 e. The minimum Gasteiger partial charge on any atom is -0.462 e. The highest BCUT2D eigenvalue weighted by Gasteiger charge is 2.12. The SMILES string of the molecule is Nc1ccccc1C(=O)OCCCOC(=O)c1ccccc1N. The quantitative estimate of drug-likeness (QED) is 0.481. The van der Waals surface area contributed by atoms with Crippen molar-refractivity contribution in [2.75, 3.05) is 24.7 Å². The molecule has 0 fully saturated rings. The predicted molar refractivity (Wildman–Crippen MR) is 86.9 cm³/mol. The first-order valence-corrected chi connectivity index (χ1v) is 7.13. The zero-order valence-electron chi connectivity index (χ0n) is 12.5. The van der Waals surface area contributed by atoms with Crippen molar-refractivity contribution in [1.82, 2.24) is 0 Å². The Morgan fingerprint density at radius 2 is 1.13 bits per heavy atom. The summed E-state index contributed by atoms with van der Waals surface area (Å²) < 4.78 is 10.2. The smallest absolute Gasteiger partial charge is 0.340 e. The average molecular weight is 314 g/mol. The zero-order valence-corrected chi connectivity index (χ0v) is 12.5. The number of para-hydroxylation sites is 2. The molecular formula is C17H18N2O4. The molecule has 0 aliphatic heterocycles. The van der Waals surface area contributed by atoms with E-state index in [0.717, 1.165) is 0 Å².